The monoisotopic (exact) mass is 397 g/mol. The predicted molar refractivity (Wildman–Crippen MR) is 115 cm³/mol. The maximum absolute atomic E-state index is 11.9. The Morgan fingerprint density at radius 2 is 1.85 bits per heavy atom. The van der Waals surface area contributed by atoms with Crippen LogP contribution >= 0.6 is 18.5 Å². The number of ether oxygens (including phenoxy) is 1. The zero-order valence-electron chi connectivity index (χ0n) is 15.1. The average Bonchev–Trinajstić information content (AvgIpc) is 2.68. The highest BCUT2D eigenvalue weighted by Crippen LogP contribution is 2.38. The molecule has 0 aliphatic rings. The summed E-state index contributed by atoms with van der Waals surface area (Å²) in [5.74, 6) is -0.392. The number of carbonyl (C=O) groups excluding carboxylic acids is 1. The van der Waals surface area contributed by atoms with Crippen LogP contribution in [0, 0.1) is 0 Å². The van der Waals surface area contributed by atoms with Gasteiger partial charge in [-0.15, -0.1) is 18.5 Å². The summed E-state index contributed by atoms with van der Waals surface area (Å²) in [6.45, 7) is 2.11. The van der Waals surface area contributed by atoms with E-state index >= 15 is 0 Å². The van der Waals surface area contributed by atoms with Gasteiger partial charge in [0.05, 0.1) is 18.4 Å². The Labute approximate surface area is 163 Å². The van der Waals surface area contributed by atoms with E-state index in [2.05, 4.69) is 53.1 Å². The van der Waals surface area contributed by atoms with Crippen LogP contribution in [0.4, 0.5) is 11.4 Å². The number of hydrogen-bond donors (Lipinski definition) is 1. The quantitative estimate of drug-likeness (QED) is 0.504. The van der Waals surface area contributed by atoms with Gasteiger partial charge < -0.3 is 10.1 Å². The second-order valence-electron chi connectivity index (χ2n) is 6.35. The summed E-state index contributed by atoms with van der Waals surface area (Å²) in [4.78, 5) is 11.9. The molecule has 0 radical (unpaired) electrons. The third-order valence-electron chi connectivity index (χ3n) is 4.07. The molecule has 2 atom stereocenters. The van der Waals surface area contributed by atoms with Crippen LogP contribution in [0.1, 0.15) is 22.8 Å². The summed E-state index contributed by atoms with van der Waals surface area (Å²) >= 11 is 0. The van der Waals surface area contributed by atoms with Gasteiger partial charge in [-0.2, -0.15) is 10.2 Å². The molecule has 0 saturated carbocycles. The molecule has 1 N–H and O–H groups in total. The smallest absolute Gasteiger partial charge is 0.337 e. The van der Waals surface area contributed by atoms with E-state index in [0.29, 0.717) is 11.3 Å². The molecule has 2 unspecified atom stereocenters. The van der Waals surface area contributed by atoms with Gasteiger partial charge in [-0.05, 0) is 55.0 Å². The lowest BCUT2D eigenvalue weighted by Gasteiger charge is -2.19. The Morgan fingerprint density at radius 1 is 1.11 bits per heavy atom. The summed E-state index contributed by atoms with van der Waals surface area (Å²) in [5.41, 5.74) is 4.87. The molecule has 0 fully saturated rings. The van der Waals surface area contributed by atoms with Gasteiger partial charge in [0.15, 0.2) is 0 Å². The number of benzene rings is 2. The van der Waals surface area contributed by atoms with Crippen molar-refractivity contribution in [2.24, 2.45) is 0 Å². The van der Waals surface area contributed by atoms with E-state index < -0.39 is 5.97 Å². The van der Waals surface area contributed by atoms with Crippen LogP contribution in [-0.4, -0.2) is 23.3 Å². The lowest BCUT2D eigenvalue weighted by molar-refractivity contribution is 0.0601. The number of hydrogen-bond acceptors (Lipinski definition) is 5. The molecule has 0 spiro atoms. The third-order valence-corrected chi connectivity index (χ3v) is 4.74. The zero-order chi connectivity index (χ0) is 19.4. The highest BCUT2D eigenvalue weighted by molar-refractivity contribution is 7.38. The van der Waals surface area contributed by atoms with E-state index in [-0.39, 0.29) is 4.90 Å². The van der Waals surface area contributed by atoms with Crippen molar-refractivity contribution in [3.63, 3.8) is 0 Å². The van der Waals surface area contributed by atoms with E-state index in [4.69, 9.17) is 4.74 Å². The first-order chi connectivity index (χ1) is 12.9. The van der Waals surface area contributed by atoms with E-state index in [9.17, 15) is 4.79 Å². The Bertz CT molecular complexity index is 940. The van der Waals surface area contributed by atoms with Gasteiger partial charge in [-0.3, -0.25) is 0 Å². The van der Waals surface area contributed by atoms with Crippen LogP contribution in [0.2, 0.25) is 0 Å². The third kappa shape index (κ3) is 4.68. The number of esters is 1. The standard InChI is InChI=1S/C20H21N3O2P2/c1-20(26,27)14-6-8-15(9-7-14)22-17-10-5-13(19(24)25-2)12-16(17)18-4-3-11-21-23-18/h3-12,22H,26-27H2,1-2H3. The molecule has 7 heteroatoms. The van der Waals surface area contributed by atoms with Crippen molar-refractivity contribution in [1.82, 2.24) is 10.2 Å². The molecule has 1 heterocycles. The molecular weight excluding hydrogens is 376 g/mol. The van der Waals surface area contributed by atoms with E-state index in [1.165, 1.54) is 12.7 Å². The molecule has 27 heavy (non-hydrogen) atoms. The van der Waals surface area contributed by atoms with Gasteiger partial charge in [0.2, 0.25) is 0 Å². The number of nitrogens with one attached hydrogen (secondary N) is 1. The van der Waals surface area contributed by atoms with Crippen molar-refractivity contribution in [3.05, 3.63) is 71.9 Å². The molecule has 3 rings (SSSR count). The number of aromatic nitrogens is 2. The first-order valence-corrected chi connectivity index (χ1v) is 9.50. The van der Waals surface area contributed by atoms with Crippen molar-refractivity contribution in [2.75, 3.05) is 12.4 Å². The molecule has 3 aromatic rings. The minimum Gasteiger partial charge on any atom is -0.465 e. The molecule has 1 aromatic heterocycles. The fraction of sp³-hybridized carbons (Fsp3) is 0.150. The second kappa shape index (κ2) is 8.12. The van der Waals surface area contributed by atoms with E-state index in [0.717, 1.165) is 16.9 Å². The minimum atomic E-state index is -0.392. The summed E-state index contributed by atoms with van der Waals surface area (Å²) in [7, 11) is 6.98. The minimum absolute atomic E-state index is 0.0640. The maximum atomic E-state index is 11.9. The summed E-state index contributed by atoms with van der Waals surface area (Å²) < 4.78 is 4.83. The normalized spacial score (nSPS) is 11.1. The van der Waals surface area contributed by atoms with Crippen molar-refractivity contribution >= 4 is 35.8 Å². The SMILES string of the molecule is COC(=O)c1ccc(Nc2ccc(C(C)(P)P)cc2)c(-c2cccnn2)c1. The van der Waals surface area contributed by atoms with Crippen LogP contribution in [0.5, 0.6) is 0 Å². The molecule has 0 bridgehead atoms. The van der Waals surface area contributed by atoms with Gasteiger partial charge in [-0.1, -0.05) is 12.1 Å². The topological polar surface area (TPSA) is 64.1 Å². The molecule has 5 nitrogen and oxygen atoms in total. The van der Waals surface area contributed by atoms with Crippen molar-refractivity contribution in [1.29, 1.82) is 0 Å². The van der Waals surface area contributed by atoms with Gasteiger partial charge in [0.1, 0.15) is 0 Å². The number of nitrogens with zero attached hydrogens (tertiary/aromatic N) is 2. The molecule has 0 aliphatic carbocycles. The fourth-order valence-electron chi connectivity index (χ4n) is 2.62. The number of methoxy groups -OCH3 is 1. The molecule has 2 aromatic carbocycles. The zero-order valence-corrected chi connectivity index (χ0v) is 17.4. The lowest BCUT2D eigenvalue weighted by atomic mass is 10.0. The van der Waals surface area contributed by atoms with Crippen molar-refractivity contribution in [3.8, 4) is 11.3 Å². The molecular formula is C20H21N3O2P2. The highest BCUT2D eigenvalue weighted by Gasteiger charge is 2.15. The van der Waals surface area contributed by atoms with E-state index in [1.54, 1.807) is 18.3 Å². The largest absolute Gasteiger partial charge is 0.465 e. The molecule has 0 saturated heterocycles. The first kappa shape index (κ1) is 19.4. The molecule has 0 amide bonds. The van der Waals surface area contributed by atoms with Crippen LogP contribution < -0.4 is 5.32 Å². The van der Waals surface area contributed by atoms with Crippen LogP contribution in [0.15, 0.2) is 60.8 Å². The van der Waals surface area contributed by atoms with Gasteiger partial charge in [0.25, 0.3) is 0 Å². The average molecular weight is 397 g/mol. The summed E-state index contributed by atoms with van der Waals surface area (Å²) in [6.07, 6.45) is 1.61. The highest BCUT2D eigenvalue weighted by atomic mass is 31.1. The summed E-state index contributed by atoms with van der Waals surface area (Å²) in [6, 6.07) is 17.2. The predicted octanol–water partition coefficient (Wildman–Crippen LogP) is 4.60. The van der Waals surface area contributed by atoms with Crippen molar-refractivity contribution in [2.45, 2.75) is 11.8 Å². The Morgan fingerprint density at radius 3 is 2.44 bits per heavy atom. The van der Waals surface area contributed by atoms with Gasteiger partial charge in [0, 0.05) is 28.0 Å². The Balaban J connectivity index is 1.98. The Hall–Kier alpha value is -2.35. The number of anilines is 2. The second-order valence-corrected chi connectivity index (χ2v) is 9.41. The number of rotatable bonds is 5. The van der Waals surface area contributed by atoms with E-state index in [1.807, 2.05) is 30.3 Å². The van der Waals surface area contributed by atoms with Crippen LogP contribution in [-0.2, 0) is 9.63 Å². The fourth-order valence-corrected chi connectivity index (χ4v) is 3.01. The van der Waals surface area contributed by atoms with Crippen molar-refractivity contribution < 1.29 is 9.53 Å². The molecule has 138 valence electrons. The Kier molecular flexibility index (Phi) is 5.84. The lowest BCUT2D eigenvalue weighted by Crippen LogP contribution is -2.04. The maximum Gasteiger partial charge on any atom is 0.337 e. The van der Waals surface area contributed by atoms with Crippen LogP contribution in [0.25, 0.3) is 11.3 Å². The molecule has 0 aliphatic heterocycles. The van der Waals surface area contributed by atoms with Gasteiger partial charge >= 0.3 is 5.97 Å². The van der Waals surface area contributed by atoms with Crippen LogP contribution in [0.3, 0.4) is 0 Å². The number of carbonyl (C=O) groups is 1. The van der Waals surface area contributed by atoms with Gasteiger partial charge in [-0.25, -0.2) is 4.79 Å². The first-order valence-electron chi connectivity index (χ1n) is 8.34. The summed E-state index contributed by atoms with van der Waals surface area (Å²) in [5, 5.41) is 11.5.